The minimum atomic E-state index is -3.83. The molecule has 1 heterocycles. The number of aromatic nitrogens is 1. The van der Waals surface area contributed by atoms with Crippen LogP contribution in [-0.2, 0) is 21.8 Å². The largest absolute Gasteiger partial charge is 0.461 e. The van der Waals surface area contributed by atoms with E-state index in [0.29, 0.717) is 10.7 Å². The Hall–Kier alpha value is -1.99. The second kappa shape index (κ2) is 6.64. The molecule has 0 saturated carbocycles. The van der Waals surface area contributed by atoms with Gasteiger partial charge in [-0.3, -0.25) is 4.72 Å². The van der Waals surface area contributed by atoms with E-state index in [4.69, 9.17) is 16.3 Å². The number of benzene rings is 1. The zero-order chi connectivity index (χ0) is 17.2. The van der Waals surface area contributed by atoms with Gasteiger partial charge in [0.05, 0.1) is 12.3 Å². The maximum atomic E-state index is 12.4. The third-order valence-corrected chi connectivity index (χ3v) is 4.95. The van der Waals surface area contributed by atoms with Gasteiger partial charge in [-0.2, -0.15) is 0 Å². The lowest BCUT2D eigenvalue weighted by Crippen LogP contribution is -2.12. The molecule has 0 spiro atoms. The summed E-state index contributed by atoms with van der Waals surface area (Å²) in [4.78, 5) is 11.7. The van der Waals surface area contributed by atoms with Gasteiger partial charge in [-0.25, -0.2) is 13.2 Å². The topological polar surface area (TPSA) is 77.4 Å². The van der Waals surface area contributed by atoms with Crippen molar-refractivity contribution in [2.45, 2.75) is 18.7 Å². The number of hydrogen-bond donors (Lipinski definition) is 1. The lowest BCUT2D eigenvalue weighted by Gasteiger charge is -2.07. The minimum Gasteiger partial charge on any atom is -0.461 e. The number of hydrogen-bond acceptors (Lipinski definition) is 4. The van der Waals surface area contributed by atoms with E-state index in [9.17, 15) is 13.2 Å². The molecule has 1 N–H and O–H groups in total. The maximum absolute atomic E-state index is 12.4. The van der Waals surface area contributed by atoms with Gasteiger partial charge in [-0.15, -0.1) is 0 Å². The third-order valence-electron chi connectivity index (χ3n) is 3.20. The second-order valence-corrected chi connectivity index (χ2v) is 7.05. The van der Waals surface area contributed by atoms with Gasteiger partial charge in [0.1, 0.15) is 10.6 Å². The molecule has 0 saturated heterocycles. The van der Waals surface area contributed by atoms with Gasteiger partial charge in [0.2, 0.25) is 0 Å². The summed E-state index contributed by atoms with van der Waals surface area (Å²) in [6.45, 7) is 3.72. The van der Waals surface area contributed by atoms with Crippen LogP contribution in [0.15, 0.2) is 35.4 Å². The lowest BCUT2D eigenvalue weighted by atomic mass is 10.2. The Balaban J connectivity index is 2.31. The number of anilines is 1. The van der Waals surface area contributed by atoms with Gasteiger partial charge in [0.25, 0.3) is 10.0 Å². The van der Waals surface area contributed by atoms with Crippen LogP contribution in [0.5, 0.6) is 0 Å². The number of esters is 1. The fourth-order valence-electron chi connectivity index (χ4n) is 1.96. The molecule has 0 aliphatic rings. The average Bonchev–Trinajstić information content (AvgIpc) is 2.86. The predicted octanol–water partition coefficient (Wildman–Crippen LogP) is 2.96. The monoisotopic (exact) mass is 356 g/mol. The standard InChI is InChI=1S/C15H17ClN2O4S/c1-4-22-15(19)14-8-12(9-18(14)3)23(20,21)17-11-6-5-10(2)13(16)7-11/h5-9,17H,4H2,1-3H3. The Morgan fingerprint density at radius 3 is 2.65 bits per heavy atom. The molecule has 1 aromatic heterocycles. The first kappa shape index (κ1) is 17.4. The number of sulfonamides is 1. The lowest BCUT2D eigenvalue weighted by molar-refractivity contribution is 0.0515. The number of ether oxygens (including phenoxy) is 1. The molecule has 0 fully saturated rings. The van der Waals surface area contributed by atoms with Crippen LogP contribution in [-0.4, -0.2) is 25.6 Å². The van der Waals surface area contributed by atoms with E-state index < -0.39 is 16.0 Å². The molecule has 124 valence electrons. The molecule has 2 aromatic rings. The van der Waals surface area contributed by atoms with E-state index in [1.807, 2.05) is 6.92 Å². The summed E-state index contributed by atoms with van der Waals surface area (Å²) in [5, 5.41) is 0.463. The van der Waals surface area contributed by atoms with Crippen molar-refractivity contribution in [1.82, 2.24) is 4.57 Å². The minimum absolute atomic E-state index is 0.0280. The molecule has 6 nitrogen and oxygen atoms in total. The molecule has 0 radical (unpaired) electrons. The number of rotatable bonds is 5. The molecule has 1 aromatic carbocycles. The van der Waals surface area contributed by atoms with Crippen LogP contribution in [0.3, 0.4) is 0 Å². The van der Waals surface area contributed by atoms with Crippen molar-refractivity contribution in [2.24, 2.45) is 7.05 Å². The summed E-state index contributed by atoms with van der Waals surface area (Å²) in [7, 11) is -2.25. The van der Waals surface area contributed by atoms with Crippen molar-refractivity contribution in [3.8, 4) is 0 Å². The van der Waals surface area contributed by atoms with Gasteiger partial charge in [0.15, 0.2) is 0 Å². The fourth-order valence-corrected chi connectivity index (χ4v) is 3.26. The van der Waals surface area contributed by atoms with E-state index in [1.54, 1.807) is 26.1 Å². The fraction of sp³-hybridized carbons (Fsp3) is 0.267. The molecular formula is C15H17ClN2O4S. The highest BCUT2D eigenvalue weighted by molar-refractivity contribution is 7.92. The highest BCUT2D eigenvalue weighted by atomic mass is 35.5. The maximum Gasteiger partial charge on any atom is 0.354 e. The smallest absolute Gasteiger partial charge is 0.354 e. The Bertz CT molecular complexity index is 843. The van der Waals surface area contributed by atoms with Gasteiger partial charge in [-0.05, 0) is 37.6 Å². The zero-order valence-corrected chi connectivity index (χ0v) is 14.5. The van der Waals surface area contributed by atoms with E-state index in [0.717, 1.165) is 5.56 Å². The molecule has 0 unspecified atom stereocenters. The SMILES string of the molecule is CCOC(=O)c1cc(S(=O)(=O)Nc2ccc(C)c(Cl)c2)cn1C. The number of carbonyl (C=O) groups excluding carboxylic acids is 1. The molecule has 23 heavy (non-hydrogen) atoms. The summed E-state index contributed by atoms with van der Waals surface area (Å²) in [5.41, 5.74) is 1.36. The summed E-state index contributed by atoms with van der Waals surface area (Å²) in [6.07, 6.45) is 1.35. The number of aryl methyl sites for hydroxylation is 2. The van der Waals surface area contributed by atoms with Crippen molar-refractivity contribution in [1.29, 1.82) is 0 Å². The summed E-state index contributed by atoms with van der Waals surface area (Å²) in [6, 6.07) is 6.14. The van der Waals surface area contributed by atoms with Crippen molar-refractivity contribution in [3.05, 3.63) is 46.7 Å². The Kier molecular flexibility index (Phi) is 5.01. The quantitative estimate of drug-likeness (QED) is 0.835. The van der Waals surface area contributed by atoms with Gasteiger partial charge in [0, 0.05) is 18.3 Å². The van der Waals surface area contributed by atoms with Gasteiger partial charge < -0.3 is 9.30 Å². The number of halogens is 1. The molecular weight excluding hydrogens is 340 g/mol. The number of nitrogens with zero attached hydrogens (tertiary/aromatic N) is 1. The summed E-state index contributed by atoms with van der Waals surface area (Å²) < 4.78 is 33.6. The molecule has 0 aliphatic carbocycles. The highest BCUT2D eigenvalue weighted by Gasteiger charge is 2.21. The van der Waals surface area contributed by atoms with E-state index in [-0.39, 0.29) is 17.2 Å². The number of carbonyl (C=O) groups is 1. The predicted molar refractivity (Wildman–Crippen MR) is 88.4 cm³/mol. The molecule has 0 bridgehead atoms. The van der Waals surface area contributed by atoms with Crippen LogP contribution in [0.25, 0.3) is 0 Å². The van der Waals surface area contributed by atoms with Crippen molar-refractivity contribution in [3.63, 3.8) is 0 Å². The van der Waals surface area contributed by atoms with Gasteiger partial charge in [-0.1, -0.05) is 17.7 Å². The Morgan fingerprint density at radius 2 is 2.04 bits per heavy atom. The highest BCUT2D eigenvalue weighted by Crippen LogP contribution is 2.23. The Morgan fingerprint density at radius 1 is 1.35 bits per heavy atom. The normalized spacial score (nSPS) is 11.3. The van der Waals surface area contributed by atoms with E-state index in [2.05, 4.69) is 4.72 Å². The van der Waals surface area contributed by atoms with Gasteiger partial charge >= 0.3 is 5.97 Å². The summed E-state index contributed by atoms with van der Waals surface area (Å²) >= 11 is 5.99. The second-order valence-electron chi connectivity index (χ2n) is 4.96. The first-order valence-corrected chi connectivity index (χ1v) is 8.73. The molecule has 2 rings (SSSR count). The Labute approximate surface area is 140 Å². The first-order valence-electron chi connectivity index (χ1n) is 6.87. The van der Waals surface area contributed by atoms with Crippen molar-refractivity contribution in [2.75, 3.05) is 11.3 Å². The molecule has 0 amide bonds. The van der Waals surface area contributed by atoms with Crippen molar-refractivity contribution < 1.29 is 17.9 Å². The molecule has 0 aliphatic heterocycles. The first-order chi connectivity index (χ1) is 10.7. The van der Waals surface area contributed by atoms with Crippen LogP contribution in [0.2, 0.25) is 5.02 Å². The summed E-state index contributed by atoms with van der Waals surface area (Å²) in [5.74, 6) is -0.574. The molecule has 8 heteroatoms. The van der Waals surface area contributed by atoms with E-state index in [1.165, 1.54) is 22.9 Å². The van der Waals surface area contributed by atoms with Crippen LogP contribution < -0.4 is 4.72 Å². The zero-order valence-electron chi connectivity index (χ0n) is 13.0. The van der Waals surface area contributed by atoms with Crippen molar-refractivity contribution >= 4 is 33.3 Å². The van der Waals surface area contributed by atoms with Crippen LogP contribution in [0.1, 0.15) is 23.0 Å². The molecule has 0 atom stereocenters. The van der Waals surface area contributed by atoms with E-state index >= 15 is 0 Å². The van der Waals surface area contributed by atoms with Crippen LogP contribution in [0.4, 0.5) is 5.69 Å². The van der Waals surface area contributed by atoms with Crippen LogP contribution in [0, 0.1) is 6.92 Å². The number of nitrogens with one attached hydrogen (secondary N) is 1. The average molecular weight is 357 g/mol. The third kappa shape index (κ3) is 3.86. The van der Waals surface area contributed by atoms with Crippen LogP contribution >= 0.6 is 11.6 Å².